The zero-order chi connectivity index (χ0) is 14.0. The molecule has 2 aliphatic rings. The molecule has 0 aromatic rings. The molecule has 2 nitrogen and oxygen atoms in total. The lowest BCUT2D eigenvalue weighted by atomic mass is 9.56. The monoisotopic (exact) mass is 266 g/mol. The van der Waals surface area contributed by atoms with Crippen LogP contribution >= 0.6 is 0 Å². The standard InChI is InChI=1S/C17H30O2/c1-5-6-7-8-15-16-12(2)9-13(3)17(10-18,11-19-15)14(16)4/h9,13-16,18H,5-8,10-11H2,1-4H3/t13-,14+,15+,16-,17+/m0/s1. The van der Waals surface area contributed by atoms with Gasteiger partial charge in [0.05, 0.1) is 19.3 Å². The van der Waals surface area contributed by atoms with Crippen LogP contribution in [0.2, 0.25) is 0 Å². The topological polar surface area (TPSA) is 29.5 Å². The molecule has 5 atom stereocenters. The van der Waals surface area contributed by atoms with Crippen molar-refractivity contribution < 1.29 is 9.84 Å². The van der Waals surface area contributed by atoms with Gasteiger partial charge < -0.3 is 9.84 Å². The molecule has 110 valence electrons. The minimum atomic E-state index is -0.0502. The molecule has 1 N–H and O–H groups in total. The molecule has 2 rings (SSSR count). The highest BCUT2D eigenvalue weighted by Gasteiger charge is 2.52. The summed E-state index contributed by atoms with van der Waals surface area (Å²) in [5.74, 6) is 1.45. The molecular formula is C17H30O2. The highest BCUT2D eigenvalue weighted by Crippen LogP contribution is 2.52. The van der Waals surface area contributed by atoms with E-state index in [1.54, 1.807) is 0 Å². The Kier molecular flexibility index (Phi) is 4.73. The predicted octanol–water partition coefficient (Wildman–Crippen LogP) is 3.79. The molecule has 0 radical (unpaired) electrons. The number of hydrogen-bond acceptors (Lipinski definition) is 2. The lowest BCUT2D eigenvalue weighted by Gasteiger charge is -2.55. The Morgan fingerprint density at radius 3 is 2.74 bits per heavy atom. The van der Waals surface area contributed by atoms with Gasteiger partial charge in [-0.15, -0.1) is 0 Å². The second-order valence-electron chi connectivity index (χ2n) is 6.75. The molecule has 0 spiro atoms. The van der Waals surface area contributed by atoms with E-state index in [2.05, 4.69) is 33.8 Å². The minimum Gasteiger partial charge on any atom is -0.396 e. The van der Waals surface area contributed by atoms with E-state index in [0.29, 0.717) is 23.9 Å². The van der Waals surface area contributed by atoms with Crippen LogP contribution in [-0.2, 0) is 4.74 Å². The zero-order valence-electron chi connectivity index (χ0n) is 13.0. The number of rotatable bonds is 5. The first-order valence-corrected chi connectivity index (χ1v) is 7.97. The van der Waals surface area contributed by atoms with E-state index in [9.17, 15) is 5.11 Å². The quantitative estimate of drug-likeness (QED) is 0.606. The van der Waals surface area contributed by atoms with Crippen LogP contribution in [-0.4, -0.2) is 24.4 Å². The number of aliphatic hydroxyl groups excluding tert-OH is 1. The fraction of sp³-hybridized carbons (Fsp3) is 0.882. The van der Waals surface area contributed by atoms with Gasteiger partial charge in [0, 0.05) is 11.3 Å². The summed E-state index contributed by atoms with van der Waals surface area (Å²) < 4.78 is 6.20. The summed E-state index contributed by atoms with van der Waals surface area (Å²) in [5.41, 5.74) is 1.43. The van der Waals surface area contributed by atoms with Crippen molar-refractivity contribution >= 4 is 0 Å². The van der Waals surface area contributed by atoms with Gasteiger partial charge in [-0.1, -0.05) is 51.7 Å². The third kappa shape index (κ3) is 2.50. The molecule has 2 heteroatoms. The van der Waals surface area contributed by atoms with Gasteiger partial charge in [-0.3, -0.25) is 0 Å². The van der Waals surface area contributed by atoms with Gasteiger partial charge in [0.1, 0.15) is 0 Å². The SMILES string of the molecule is CCCCC[C@H]1OC[C@@]2(CO)[C@H](C)[C@@H]1C(C)=C[C@@H]2C. The Bertz CT molecular complexity index is 336. The van der Waals surface area contributed by atoms with Crippen molar-refractivity contribution in [2.75, 3.05) is 13.2 Å². The van der Waals surface area contributed by atoms with Crippen LogP contribution in [0.4, 0.5) is 0 Å². The van der Waals surface area contributed by atoms with Gasteiger partial charge in [-0.05, 0) is 25.2 Å². The summed E-state index contributed by atoms with van der Waals surface area (Å²) in [6, 6.07) is 0. The summed E-state index contributed by atoms with van der Waals surface area (Å²) in [6.45, 7) is 10.0. The average Bonchev–Trinajstić information content (AvgIpc) is 2.38. The fourth-order valence-corrected chi connectivity index (χ4v) is 4.27. The lowest BCUT2D eigenvalue weighted by molar-refractivity contribution is -0.164. The molecule has 1 heterocycles. The number of unbranched alkanes of at least 4 members (excludes halogenated alkanes) is 2. The molecule has 0 saturated carbocycles. The molecule has 2 bridgehead atoms. The van der Waals surface area contributed by atoms with Crippen LogP contribution in [0.1, 0.15) is 53.4 Å². The van der Waals surface area contributed by atoms with Crippen molar-refractivity contribution in [2.45, 2.75) is 59.5 Å². The molecule has 0 aromatic carbocycles. The van der Waals surface area contributed by atoms with Gasteiger partial charge >= 0.3 is 0 Å². The Balaban J connectivity index is 2.17. The summed E-state index contributed by atoms with van der Waals surface area (Å²) in [6.07, 6.45) is 7.74. The van der Waals surface area contributed by atoms with Gasteiger partial charge in [0.15, 0.2) is 0 Å². The summed E-state index contributed by atoms with van der Waals surface area (Å²) in [4.78, 5) is 0. The van der Waals surface area contributed by atoms with Gasteiger partial charge in [-0.2, -0.15) is 0 Å². The Labute approximate surface area is 118 Å². The molecule has 1 aliphatic carbocycles. The van der Waals surface area contributed by atoms with Crippen LogP contribution in [0, 0.1) is 23.2 Å². The third-order valence-electron chi connectivity index (χ3n) is 5.74. The van der Waals surface area contributed by atoms with E-state index in [-0.39, 0.29) is 12.0 Å². The highest BCUT2D eigenvalue weighted by molar-refractivity contribution is 5.20. The first kappa shape index (κ1) is 15.1. The summed E-state index contributed by atoms with van der Waals surface area (Å²) in [7, 11) is 0. The van der Waals surface area contributed by atoms with E-state index in [0.717, 1.165) is 6.61 Å². The number of hydrogen-bond donors (Lipinski definition) is 1. The summed E-state index contributed by atoms with van der Waals surface area (Å²) >= 11 is 0. The second-order valence-corrected chi connectivity index (χ2v) is 6.75. The van der Waals surface area contributed by atoms with Crippen molar-refractivity contribution in [1.29, 1.82) is 0 Å². The second kappa shape index (κ2) is 5.97. The molecule has 1 saturated heterocycles. The lowest BCUT2D eigenvalue weighted by Crippen LogP contribution is -2.56. The van der Waals surface area contributed by atoms with Crippen molar-refractivity contribution in [3.05, 3.63) is 11.6 Å². The van der Waals surface area contributed by atoms with E-state index in [4.69, 9.17) is 4.74 Å². The largest absolute Gasteiger partial charge is 0.396 e. The number of allylic oxidation sites excluding steroid dienone is 1. The molecule has 0 aromatic heterocycles. The van der Waals surface area contributed by atoms with E-state index in [1.807, 2.05) is 0 Å². The van der Waals surface area contributed by atoms with Crippen LogP contribution < -0.4 is 0 Å². The number of ether oxygens (including phenoxy) is 1. The van der Waals surface area contributed by atoms with Crippen molar-refractivity contribution in [3.8, 4) is 0 Å². The van der Waals surface area contributed by atoms with Gasteiger partial charge in [0.25, 0.3) is 0 Å². The molecule has 1 aliphatic heterocycles. The van der Waals surface area contributed by atoms with E-state index >= 15 is 0 Å². The van der Waals surface area contributed by atoms with Crippen molar-refractivity contribution in [3.63, 3.8) is 0 Å². The first-order chi connectivity index (χ1) is 9.06. The van der Waals surface area contributed by atoms with Crippen LogP contribution in [0.15, 0.2) is 11.6 Å². The Morgan fingerprint density at radius 2 is 2.11 bits per heavy atom. The predicted molar refractivity (Wildman–Crippen MR) is 79.0 cm³/mol. The minimum absolute atomic E-state index is 0.0502. The van der Waals surface area contributed by atoms with E-state index < -0.39 is 0 Å². The van der Waals surface area contributed by atoms with Crippen molar-refractivity contribution in [2.24, 2.45) is 23.2 Å². The first-order valence-electron chi connectivity index (χ1n) is 7.97. The Morgan fingerprint density at radius 1 is 1.37 bits per heavy atom. The average molecular weight is 266 g/mol. The van der Waals surface area contributed by atoms with Crippen LogP contribution in [0.25, 0.3) is 0 Å². The van der Waals surface area contributed by atoms with Crippen molar-refractivity contribution in [1.82, 2.24) is 0 Å². The Hall–Kier alpha value is -0.340. The van der Waals surface area contributed by atoms with Gasteiger partial charge in [-0.25, -0.2) is 0 Å². The maximum atomic E-state index is 9.91. The third-order valence-corrected chi connectivity index (χ3v) is 5.74. The highest BCUT2D eigenvalue weighted by atomic mass is 16.5. The number of fused-ring (bicyclic) bond motifs is 2. The molecular weight excluding hydrogens is 236 g/mol. The number of aliphatic hydroxyl groups is 1. The fourth-order valence-electron chi connectivity index (χ4n) is 4.27. The van der Waals surface area contributed by atoms with Gasteiger partial charge in [0.2, 0.25) is 0 Å². The summed E-state index contributed by atoms with van der Waals surface area (Å²) in [5, 5.41) is 9.91. The van der Waals surface area contributed by atoms with Crippen LogP contribution in [0.3, 0.4) is 0 Å². The molecule has 0 unspecified atom stereocenters. The normalized spacial score (nSPS) is 42.1. The van der Waals surface area contributed by atoms with E-state index in [1.165, 1.54) is 31.3 Å². The smallest absolute Gasteiger partial charge is 0.0643 e. The molecule has 0 amide bonds. The maximum absolute atomic E-state index is 9.91. The molecule has 1 fully saturated rings. The zero-order valence-corrected chi connectivity index (χ0v) is 13.0. The molecule has 19 heavy (non-hydrogen) atoms. The maximum Gasteiger partial charge on any atom is 0.0643 e. The van der Waals surface area contributed by atoms with Crippen LogP contribution in [0.5, 0.6) is 0 Å².